The Morgan fingerprint density at radius 2 is 2.19 bits per heavy atom. The number of aryl methyl sites for hydroxylation is 1. The van der Waals surface area contributed by atoms with E-state index in [1.165, 1.54) is 12.8 Å². The zero-order valence-corrected chi connectivity index (χ0v) is 11.0. The van der Waals surface area contributed by atoms with Crippen LogP contribution in [0.5, 0.6) is 0 Å². The van der Waals surface area contributed by atoms with E-state index in [0.717, 1.165) is 16.8 Å². The summed E-state index contributed by atoms with van der Waals surface area (Å²) < 4.78 is 0. The lowest BCUT2D eigenvalue weighted by Crippen LogP contribution is -2.15. The third-order valence-electron chi connectivity index (χ3n) is 2.63. The van der Waals surface area contributed by atoms with Gasteiger partial charge in [0.15, 0.2) is 0 Å². The van der Waals surface area contributed by atoms with Crippen LogP contribution >= 0.6 is 12.2 Å². The molecule has 0 fully saturated rings. The second-order valence-electron chi connectivity index (χ2n) is 4.23. The van der Waals surface area contributed by atoms with Crippen LogP contribution in [0.15, 0.2) is 18.2 Å². The number of nitrogens with one attached hydrogen (secondary N) is 1. The van der Waals surface area contributed by atoms with Gasteiger partial charge in [0.1, 0.15) is 4.99 Å². The van der Waals surface area contributed by atoms with Crippen LogP contribution in [0.1, 0.15) is 37.8 Å². The van der Waals surface area contributed by atoms with E-state index in [1.807, 2.05) is 19.1 Å². The summed E-state index contributed by atoms with van der Waals surface area (Å²) in [4.78, 5) is 0.464. The largest absolute Gasteiger partial charge is 0.389 e. The molecule has 1 aromatic rings. The monoisotopic (exact) mass is 236 g/mol. The summed E-state index contributed by atoms with van der Waals surface area (Å²) in [5.74, 6) is 0. The van der Waals surface area contributed by atoms with Gasteiger partial charge >= 0.3 is 0 Å². The topological polar surface area (TPSA) is 38.0 Å². The number of anilines is 1. The number of nitrogens with two attached hydrogens (primary N) is 1. The highest BCUT2D eigenvalue weighted by molar-refractivity contribution is 7.80. The third kappa shape index (κ3) is 3.49. The highest BCUT2D eigenvalue weighted by Gasteiger charge is 2.04. The molecule has 0 aliphatic carbocycles. The molecule has 0 aliphatic rings. The Bertz CT molecular complexity index is 374. The van der Waals surface area contributed by atoms with Crippen molar-refractivity contribution in [2.24, 2.45) is 5.73 Å². The highest BCUT2D eigenvalue weighted by atomic mass is 32.1. The average molecular weight is 236 g/mol. The second kappa shape index (κ2) is 5.85. The SMILES string of the molecule is CCCC(C)Nc1ccc(C(N)=S)c(C)c1. The highest BCUT2D eigenvalue weighted by Crippen LogP contribution is 2.16. The summed E-state index contributed by atoms with van der Waals surface area (Å²) >= 11 is 4.98. The van der Waals surface area contributed by atoms with Crippen molar-refractivity contribution < 1.29 is 0 Å². The van der Waals surface area contributed by atoms with E-state index in [2.05, 4.69) is 25.2 Å². The first-order valence-corrected chi connectivity index (χ1v) is 6.12. The van der Waals surface area contributed by atoms with Gasteiger partial charge in [-0.05, 0) is 44.0 Å². The number of thiocarbonyl (C=S) groups is 1. The van der Waals surface area contributed by atoms with Crippen molar-refractivity contribution in [3.63, 3.8) is 0 Å². The first kappa shape index (κ1) is 13.0. The van der Waals surface area contributed by atoms with Gasteiger partial charge in [-0.25, -0.2) is 0 Å². The minimum absolute atomic E-state index is 0.464. The van der Waals surface area contributed by atoms with Crippen LogP contribution in [0.3, 0.4) is 0 Å². The van der Waals surface area contributed by atoms with E-state index < -0.39 is 0 Å². The first-order chi connectivity index (χ1) is 7.54. The Morgan fingerprint density at radius 1 is 1.50 bits per heavy atom. The fraction of sp³-hybridized carbons (Fsp3) is 0.462. The molecule has 1 atom stereocenters. The zero-order valence-electron chi connectivity index (χ0n) is 10.2. The Kier molecular flexibility index (Phi) is 4.74. The maximum Gasteiger partial charge on any atom is 0.104 e. The summed E-state index contributed by atoms with van der Waals surface area (Å²) in [7, 11) is 0. The van der Waals surface area contributed by atoms with Crippen molar-refractivity contribution in [1.29, 1.82) is 0 Å². The number of hydrogen-bond donors (Lipinski definition) is 2. The van der Waals surface area contributed by atoms with Gasteiger partial charge in [0.05, 0.1) is 0 Å². The molecule has 0 saturated carbocycles. The van der Waals surface area contributed by atoms with E-state index >= 15 is 0 Å². The molecule has 88 valence electrons. The van der Waals surface area contributed by atoms with Crippen molar-refractivity contribution in [1.82, 2.24) is 0 Å². The van der Waals surface area contributed by atoms with E-state index in [1.54, 1.807) is 0 Å². The van der Waals surface area contributed by atoms with Gasteiger partial charge in [-0.15, -0.1) is 0 Å². The number of hydrogen-bond acceptors (Lipinski definition) is 2. The van der Waals surface area contributed by atoms with Gasteiger partial charge in [0, 0.05) is 17.3 Å². The fourth-order valence-electron chi connectivity index (χ4n) is 1.82. The van der Waals surface area contributed by atoms with E-state index in [0.29, 0.717) is 11.0 Å². The molecular weight excluding hydrogens is 216 g/mol. The molecule has 1 unspecified atom stereocenters. The van der Waals surface area contributed by atoms with Crippen LogP contribution in [-0.2, 0) is 0 Å². The lowest BCUT2D eigenvalue weighted by atomic mass is 10.1. The van der Waals surface area contributed by atoms with Crippen molar-refractivity contribution >= 4 is 22.9 Å². The zero-order chi connectivity index (χ0) is 12.1. The molecule has 0 heterocycles. The summed E-state index contributed by atoms with van der Waals surface area (Å²) in [6, 6.07) is 6.62. The Labute approximate surface area is 103 Å². The molecule has 0 spiro atoms. The molecule has 2 nitrogen and oxygen atoms in total. The molecule has 16 heavy (non-hydrogen) atoms. The predicted octanol–water partition coefficient (Wildman–Crippen LogP) is 3.23. The fourth-order valence-corrected chi connectivity index (χ4v) is 2.05. The van der Waals surface area contributed by atoms with Gasteiger partial charge in [-0.2, -0.15) is 0 Å². The van der Waals surface area contributed by atoms with Gasteiger partial charge in [0.25, 0.3) is 0 Å². The van der Waals surface area contributed by atoms with E-state index in [9.17, 15) is 0 Å². The van der Waals surface area contributed by atoms with Gasteiger partial charge in [-0.1, -0.05) is 25.6 Å². The molecule has 1 rings (SSSR count). The molecule has 0 radical (unpaired) electrons. The molecule has 3 heteroatoms. The minimum atomic E-state index is 0.464. The summed E-state index contributed by atoms with van der Waals surface area (Å²) in [5.41, 5.74) is 8.85. The lowest BCUT2D eigenvalue weighted by Gasteiger charge is -2.15. The normalized spacial score (nSPS) is 12.2. The van der Waals surface area contributed by atoms with Crippen molar-refractivity contribution in [3.8, 4) is 0 Å². The Hall–Kier alpha value is -1.09. The molecule has 3 N–H and O–H groups in total. The van der Waals surface area contributed by atoms with E-state index in [-0.39, 0.29) is 0 Å². The molecule has 0 bridgehead atoms. The molecular formula is C13H20N2S. The molecule has 1 aromatic carbocycles. The number of benzene rings is 1. The van der Waals surface area contributed by atoms with E-state index in [4.69, 9.17) is 18.0 Å². The van der Waals surface area contributed by atoms with Crippen LogP contribution in [0.25, 0.3) is 0 Å². The van der Waals surface area contributed by atoms with Gasteiger partial charge < -0.3 is 11.1 Å². The lowest BCUT2D eigenvalue weighted by molar-refractivity contribution is 0.690. The maximum absolute atomic E-state index is 5.62. The smallest absolute Gasteiger partial charge is 0.104 e. The van der Waals surface area contributed by atoms with Crippen LogP contribution in [-0.4, -0.2) is 11.0 Å². The predicted molar refractivity (Wildman–Crippen MR) is 75.1 cm³/mol. The Balaban J connectivity index is 2.77. The minimum Gasteiger partial charge on any atom is -0.389 e. The van der Waals surface area contributed by atoms with Crippen LogP contribution in [0, 0.1) is 6.92 Å². The molecule has 0 amide bonds. The second-order valence-corrected chi connectivity index (χ2v) is 4.67. The van der Waals surface area contributed by atoms with Crippen molar-refractivity contribution in [3.05, 3.63) is 29.3 Å². The van der Waals surface area contributed by atoms with Gasteiger partial charge in [0.2, 0.25) is 0 Å². The number of rotatable bonds is 5. The van der Waals surface area contributed by atoms with Crippen LogP contribution in [0.2, 0.25) is 0 Å². The molecule has 0 aromatic heterocycles. The molecule has 0 saturated heterocycles. The van der Waals surface area contributed by atoms with Crippen LogP contribution < -0.4 is 11.1 Å². The Morgan fingerprint density at radius 3 is 2.69 bits per heavy atom. The summed E-state index contributed by atoms with van der Waals surface area (Å²) in [6.45, 7) is 6.42. The summed E-state index contributed by atoms with van der Waals surface area (Å²) in [6.07, 6.45) is 2.37. The van der Waals surface area contributed by atoms with Gasteiger partial charge in [-0.3, -0.25) is 0 Å². The quantitative estimate of drug-likeness (QED) is 0.771. The van der Waals surface area contributed by atoms with Crippen LogP contribution in [0.4, 0.5) is 5.69 Å². The molecule has 0 aliphatic heterocycles. The van der Waals surface area contributed by atoms with Crippen molar-refractivity contribution in [2.45, 2.75) is 39.7 Å². The third-order valence-corrected chi connectivity index (χ3v) is 2.85. The summed E-state index contributed by atoms with van der Waals surface area (Å²) in [5, 5.41) is 3.47. The first-order valence-electron chi connectivity index (χ1n) is 5.71. The standard InChI is InChI=1S/C13H20N2S/c1-4-5-10(3)15-11-6-7-12(13(14)16)9(2)8-11/h6-8,10,15H,4-5H2,1-3H3,(H2,14,16). The van der Waals surface area contributed by atoms with Crippen molar-refractivity contribution in [2.75, 3.05) is 5.32 Å². The average Bonchev–Trinajstić information content (AvgIpc) is 2.17. The maximum atomic E-state index is 5.62.